The van der Waals surface area contributed by atoms with Crippen molar-refractivity contribution >= 4 is 29.4 Å². The van der Waals surface area contributed by atoms with E-state index in [9.17, 15) is 9.59 Å². The second-order valence-electron chi connectivity index (χ2n) is 5.59. The summed E-state index contributed by atoms with van der Waals surface area (Å²) in [5.41, 5.74) is 2.67. The monoisotopic (exact) mass is 335 g/mol. The first-order valence-electron chi connectivity index (χ1n) is 7.63. The van der Waals surface area contributed by atoms with Gasteiger partial charge in [0.25, 0.3) is 5.91 Å². The molecule has 0 radical (unpaired) electrons. The minimum atomic E-state index is -0.240. The Labute approximate surface area is 145 Å². The summed E-state index contributed by atoms with van der Waals surface area (Å²) < 4.78 is 0. The average Bonchev–Trinajstić information content (AvgIpc) is 2.93. The van der Waals surface area contributed by atoms with E-state index in [1.54, 1.807) is 29.6 Å². The minimum Gasteiger partial charge on any atom is -0.383 e. The lowest BCUT2D eigenvalue weighted by atomic mass is 10.0. The van der Waals surface area contributed by atoms with Gasteiger partial charge in [0.1, 0.15) is 5.71 Å². The van der Waals surface area contributed by atoms with Crippen LogP contribution in [0.4, 0.5) is 11.4 Å². The number of hydrazone groups is 1. The number of anilines is 2. The molecule has 0 unspecified atom stereocenters. The number of para-hydroxylation sites is 1. The van der Waals surface area contributed by atoms with Crippen molar-refractivity contribution in [2.24, 2.45) is 5.10 Å². The van der Waals surface area contributed by atoms with Crippen LogP contribution in [0.1, 0.15) is 5.56 Å². The molecule has 0 bridgehead atoms. The molecule has 0 saturated carbocycles. The number of nitrogens with zero attached hydrogens (tertiary/aromatic N) is 4. The van der Waals surface area contributed by atoms with Gasteiger partial charge in [-0.2, -0.15) is 10.1 Å². The Balaban J connectivity index is 2.14. The fraction of sp³-hybridized carbons (Fsp3) is 0.111. The number of carbonyl (C=O) groups is 2. The highest BCUT2D eigenvalue weighted by Crippen LogP contribution is 2.28. The predicted octanol–water partition coefficient (Wildman–Crippen LogP) is 1.85. The Kier molecular flexibility index (Phi) is 4.56. The van der Waals surface area contributed by atoms with Crippen molar-refractivity contribution in [1.29, 1.82) is 0 Å². The molecule has 1 N–H and O–H groups in total. The molecule has 0 fully saturated rings. The van der Waals surface area contributed by atoms with E-state index in [2.05, 4.69) is 15.4 Å². The number of aromatic nitrogens is 1. The second kappa shape index (κ2) is 6.96. The summed E-state index contributed by atoms with van der Waals surface area (Å²) >= 11 is 0. The van der Waals surface area contributed by atoms with E-state index in [0.717, 1.165) is 0 Å². The Bertz CT molecular complexity index is 859. The number of carbonyl (C=O) groups excluding carboxylic acids is 2. The maximum atomic E-state index is 12.9. The van der Waals surface area contributed by atoms with Crippen LogP contribution in [0.15, 0.2) is 65.7 Å². The van der Waals surface area contributed by atoms with Gasteiger partial charge in [0.15, 0.2) is 0 Å². The lowest BCUT2D eigenvalue weighted by Crippen LogP contribution is -2.22. The Hall–Kier alpha value is -3.48. The molecule has 1 aromatic heterocycles. The van der Waals surface area contributed by atoms with E-state index in [4.69, 9.17) is 0 Å². The van der Waals surface area contributed by atoms with Crippen LogP contribution in [0.2, 0.25) is 0 Å². The summed E-state index contributed by atoms with van der Waals surface area (Å²) in [5.74, 6) is -0.240. The SMILES string of the molecule is CN(C)/C=C1/C(=O)N(c2ccccc2)N=C1c1cnccc1NC=O. The molecule has 7 heteroatoms. The van der Waals surface area contributed by atoms with Gasteiger partial charge in [0, 0.05) is 38.3 Å². The zero-order valence-electron chi connectivity index (χ0n) is 13.9. The summed E-state index contributed by atoms with van der Waals surface area (Å²) in [7, 11) is 3.66. The molecule has 25 heavy (non-hydrogen) atoms. The maximum Gasteiger partial charge on any atom is 0.282 e. The van der Waals surface area contributed by atoms with Crippen LogP contribution in [0.5, 0.6) is 0 Å². The van der Waals surface area contributed by atoms with Gasteiger partial charge in [-0.1, -0.05) is 18.2 Å². The fourth-order valence-corrected chi connectivity index (χ4v) is 2.50. The Morgan fingerprint density at radius 1 is 1.16 bits per heavy atom. The van der Waals surface area contributed by atoms with E-state index in [1.165, 1.54) is 5.01 Å². The van der Waals surface area contributed by atoms with Gasteiger partial charge in [0.05, 0.1) is 16.9 Å². The van der Waals surface area contributed by atoms with Crippen LogP contribution in [-0.4, -0.2) is 42.0 Å². The number of hydrogen-bond acceptors (Lipinski definition) is 5. The molecular weight excluding hydrogens is 318 g/mol. The molecule has 2 heterocycles. The average molecular weight is 335 g/mol. The van der Waals surface area contributed by atoms with Crippen molar-refractivity contribution < 1.29 is 9.59 Å². The molecule has 7 nitrogen and oxygen atoms in total. The molecule has 2 amide bonds. The van der Waals surface area contributed by atoms with Crippen LogP contribution in [-0.2, 0) is 9.59 Å². The molecule has 0 aliphatic carbocycles. The molecule has 126 valence electrons. The number of amides is 2. The standard InChI is InChI=1S/C18H17N5O2/c1-22(2)11-15-17(14-10-19-9-8-16(14)20-12-24)21-23(18(15)25)13-6-4-3-5-7-13/h3-12H,1-2H3,(H,19,20,24)/b15-11+. The van der Waals surface area contributed by atoms with Crippen LogP contribution in [0, 0.1) is 0 Å². The van der Waals surface area contributed by atoms with Crippen LogP contribution in [0.25, 0.3) is 0 Å². The van der Waals surface area contributed by atoms with Gasteiger partial charge in [-0.25, -0.2) is 0 Å². The first-order chi connectivity index (χ1) is 12.1. The number of rotatable bonds is 5. The molecule has 0 saturated heterocycles. The summed E-state index contributed by atoms with van der Waals surface area (Å²) in [5, 5.41) is 8.47. The maximum absolute atomic E-state index is 12.9. The molecule has 1 aliphatic heterocycles. The first-order valence-corrected chi connectivity index (χ1v) is 7.63. The lowest BCUT2D eigenvalue weighted by Gasteiger charge is -2.12. The number of nitrogens with one attached hydrogen (secondary N) is 1. The van der Waals surface area contributed by atoms with Crippen molar-refractivity contribution in [1.82, 2.24) is 9.88 Å². The third-order valence-electron chi connectivity index (χ3n) is 3.56. The summed E-state index contributed by atoms with van der Waals surface area (Å²) in [6.45, 7) is 0. The van der Waals surface area contributed by atoms with E-state index in [-0.39, 0.29) is 5.91 Å². The Morgan fingerprint density at radius 2 is 1.92 bits per heavy atom. The molecule has 0 spiro atoms. The number of benzene rings is 1. The third-order valence-corrected chi connectivity index (χ3v) is 3.56. The highest BCUT2D eigenvalue weighted by molar-refractivity contribution is 6.36. The van der Waals surface area contributed by atoms with Crippen molar-refractivity contribution in [3.05, 3.63) is 66.1 Å². The fourth-order valence-electron chi connectivity index (χ4n) is 2.50. The van der Waals surface area contributed by atoms with Gasteiger partial charge in [0.2, 0.25) is 6.41 Å². The smallest absolute Gasteiger partial charge is 0.282 e. The van der Waals surface area contributed by atoms with E-state index < -0.39 is 0 Å². The summed E-state index contributed by atoms with van der Waals surface area (Å²) in [4.78, 5) is 29.7. The Morgan fingerprint density at radius 3 is 2.60 bits per heavy atom. The highest BCUT2D eigenvalue weighted by atomic mass is 16.2. The molecular formula is C18H17N5O2. The largest absolute Gasteiger partial charge is 0.383 e. The molecule has 0 atom stereocenters. The van der Waals surface area contributed by atoms with E-state index in [1.807, 2.05) is 44.4 Å². The van der Waals surface area contributed by atoms with Crippen LogP contribution >= 0.6 is 0 Å². The van der Waals surface area contributed by atoms with Crippen LogP contribution in [0.3, 0.4) is 0 Å². The second-order valence-corrected chi connectivity index (χ2v) is 5.59. The van der Waals surface area contributed by atoms with Gasteiger partial charge >= 0.3 is 0 Å². The normalized spacial score (nSPS) is 15.3. The number of pyridine rings is 1. The zero-order chi connectivity index (χ0) is 17.8. The van der Waals surface area contributed by atoms with E-state index in [0.29, 0.717) is 34.6 Å². The van der Waals surface area contributed by atoms with Gasteiger partial charge in [-0.3, -0.25) is 14.6 Å². The van der Waals surface area contributed by atoms with Gasteiger partial charge in [-0.05, 0) is 18.2 Å². The molecule has 1 aliphatic rings. The van der Waals surface area contributed by atoms with Crippen molar-refractivity contribution in [2.75, 3.05) is 24.4 Å². The molecule has 3 rings (SSSR count). The quantitative estimate of drug-likeness (QED) is 0.668. The van der Waals surface area contributed by atoms with Gasteiger partial charge < -0.3 is 10.2 Å². The lowest BCUT2D eigenvalue weighted by molar-refractivity contribution is -0.114. The minimum absolute atomic E-state index is 0.240. The van der Waals surface area contributed by atoms with Crippen molar-refractivity contribution in [2.45, 2.75) is 0 Å². The van der Waals surface area contributed by atoms with Crippen LogP contribution < -0.4 is 10.3 Å². The topological polar surface area (TPSA) is 77.9 Å². The van der Waals surface area contributed by atoms with E-state index >= 15 is 0 Å². The summed E-state index contributed by atoms with van der Waals surface area (Å²) in [6, 6.07) is 10.8. The number of hydrogen-bond donors (Lipinski definition) is 1. The first kappa shape index (κ1) is 16.4. The van der Waals surface area contributed by atoms with Crippen molar-refractivity contribution in [3.8, 4) is 0 Å². The third kappa shape index (κ3) is 3.25. The highest BCUT2D eigenvalue weighted by Gasteiger charge is 2.33. The predicted molar refractivity (Wildman–Crippen MR) is 96.2 cm³/mol. The van der Waals surface area contributed by atoms with Crippen molar-refractivity contribution in [3.63, 3.8) is 0 Å². The summed E-state index contributed by atoms with van der Waals surface area (Å²) in [6.07, 6.45) is 5.44. The molecule has 1 aromatic carbocycles. The molecule has 2 aromatic rings. The zero-order valence-corrected chi connectivity index (χ0v) is 13.9. The van der Waals surface area contributed by atoms with Gasteiger partial charge in [-0.15, -0.1) is 0 Å².